The summed E-state index contributed by atoms with van der Waals surface area (Å²) in [6, 6.07) is 8.54. The lowest BCUT2D eigenvalue weighted by atomic mass is 10.0. The van der Waals surface area contributed by atoms with Gasteiger partial charge in [0.15, 0.2) is 0 Å². The van der Waals surface area contributed by atoms with Gasteiger partial charge in [0, 0.05) is 6.54 Å². The molecule has 0 radical (unpaired) electrons. The molecule has 0 bridgehead atoms. The van der Waals surface area contributed by atoms with Gasteiger partial charge in [0.2, 0.25) is 0 Å². The Hall–Kier alpha value is -0.860. The molecule has 2 N–H and O–H groups in total. The molecule has 0 heterocycles. The van der Waals surface area contributed by atoms with Crippen molar-refractivity contribution < 1.29 is 0 Å². The molecule has 1 aromatic rings. The van der Waals surface area contributed by atoms with E-state index in [4.69, 9.17) is 5.73 Å². The molecule has 0 fully saturated rings. The maximum absolute atomic E-state index is 5.58. The minimum atomic E-state index is 0.729. The van der Waals surface area contributed by atoms with Crippen molar-refractivity contribution in [1.29, 1.82) is 0 Å². The maximum Gasteiger partial charge on any atom is 0.0233 e. The lowest BCUT2D eigenvalue weighted by molar-refractivity contribution is 0.344. The van der Waals surface area contributed by atoms with Crippen LogP contribution in [0.1, 0.15) is 18.1 Å². The van der Waals surface area contributed by atoms with E-state index < -0.39 is 0 Å². The maximum atomic E-state index is 5.58. The second-order valence-corrected chi connectivity index (χ2v) is 3.64. The fourth-order valence-corrected chi connectivity index (χ4v) is 1.51. The first-order valence-corrected chi connectivity index (χ1v) is 5.23. The minimum Gasteiger partial charge on any atom is -0.330 e. The predicted octanol–water partition coefficient (Wildman–Crippen LogP) is 1.64. The zero-order chi connectivity index (χ0) is 10.4. The van der Waals surface area contributed by atoms with Gasteiger partial charge in [-0.3, -0.25) is 0 Å². The molecule has 0 unspecified atom stereocenters. The summed E-state index contributed by atoms with van der Waals surface area (Å²) in [6.07, 6.45) is 0.980. The molecule has 0 atom stereocenters. The molecule has 78 valence electrons. The van der Waals surface area contributed by atoms with Gasteiger partial charge in [-0.2, -0.15) is 0 Å². The summed E-state index contributed by atoms with van der Waals surface area (Å²) < 4.78 is 0. The first-order chi connectivity index (χ1) is 6.77. The average molecular weight is 192 g/mol. The van der Waals surface area contributed by atoms with Crippen molar-refractivity contribution in [1.82, 2.24) is 4.90 Å². The Balaban J connectivity index is 2.73. The van der Waals surface area contributed by atoms with E-state index in [1.807, 2.05) is 0 Å². The van der Waals surface area contributed by atoms with E-state index in [1.54, 1.807) is 0 Å². The number of benzene rings is 1. The van der Waals surface area contributed by atoms with Crippen molar-refractivity contribution in [3.63, 3.8) is 0 Å². The Morgan fingerprint density at radius 2 is 1.86 bits per heavy atom. The zero-order valence-electron chi connectivity index (χ0n) is 9.16. The number of hydrogen-bond acceptors (Lipinski definition) is 2. The second kappa shape index (κ2) is 5.78. The third-order valence-corrected chi connectivity index (χ3v) is 2.51. The highest BCUT2D eigenvalue weighted by Crippen LogP contribution is 2.11. The summed E-state index contributed by atoms with van der Waals surface area (Å²) in [5, 5.41) is 0. The van der Waals surface area contributed by atoms with Crippen molar-refractivity contribution >= 4 is 0 Å². The Morgan fingerprint density at radius 3 is 2.43 bits per heavy atom. The van der Waals surface area contributed by atoms with Crippen LogP contribution in [0.4, 0.5) is 0 Å². The summed E-state index contributed by atoms with van der Waals surface area (Å²) in [6.45, 7) is 5.00. The normalized spacial score (nSPS) is 10.9. The van der Waals surface area contributed by atoms with Crippen LogP contribution in [-0.2, 0) is 13.0 Å². The van der Waals surface area contributed by atoms with Crippen LogP contribution >= 0.6 is 0 Å². The molecule has 0 spiro atoms. The molecule has 0 amide bonds. The van der Waals surface area contributed by atoms with Gasteiger partial charge in [-0.1, -0.05) is 31.2 Å². The number of nitrogens with zero attached hydrogens (tertiary/aromatic N) is 1. The monoisotopic (exact) mass is 192 g/mol. The molecule has 0 aliphatic carbocycles. The largest absolute Gasteiger partial charge is 0.330 e. The van der Waals surface area contributed by atoms with Crippen LogP contribution in [0.2, 0.25) is 0 Å². The van der Waals surface area contributed by atoms with E-state index in [2.05, 4.69) is 43.1 Å². The molecule has 2 nitrogen and oxygen atoms in total. The van der Waals surface area contributed by atoms with E-state index in [9.17, 15) is 0 Å². The molecule has 0 saturated carbocycles. The molecule has 14 heavy (non-hydrogen) atoms. The van der Waals surface area contributed by atoms with Crippen LogP contribution in [0, 0.1) is 0 Å². The van der Waals surface area contributed by atoms with Crippen molar-refractivity contribution in [2.75, 3.05) is 20.1 Å². The smallest absolute Gasteiger partial charge is 0.0233 e. The first-order valence-electron chi connectivity index (χ1n) is 5.23. The van der Waals surface area contributed by atoms with Crippen LogP contribution in [0.5, 0.6) is 0 Å². The topological polar surface area (TPSA) is 29.3 Å². The van der Waals surface area contributed by atoms with E-state index in [1.165, 1.54) is 11.1 Å². The van der Waals surface area contributed by atoms with Gasteiger partial charge in [-0.05, 0) is 37.7 Å². The average Bonchev–Trinajstić information content (AvgIpc) is 2.21. The van der Waals surface area contributed by atoms with Gasteiger partial charge >= 0.3 is 0 Å². The Morgan fingerprint density at radius 1 is 1.21 bits per heavy atom. The number of hydrogen-bond donors (Lipinski definition) is 1. The Labute approximate surface area is 86.7 Å². The second-order valence-electron chi connectivity index (χ2n) is 3.64. The quantitative estimate of drug-likeness (QED) is 0.768. The van der Waals surface area contributed by atoms with Crippen molar-refractivity contribution in [2.24, 2.45) is 5.73 Å². The molecule has 1 aromatic carbocycles. The van der Waals surface area contributed by atoms with Gasteiger partial charge in [0.25, 0.3) is 0 Å². The number of rotatable bonds is 5. The molecular weight excluding hydrogens is 172 g/mol. The van der Waals surface area contributed by atoms with Gasteiger partial charge < -0.3 is 10.6 Å². The molecule has 1 rings (SSSR count). The fourth-order valence-electron chi connectivity index (χ4n) is 1.51. The van der Waals surface area contributed by atoms with E-state index in [0.29, 0.717) is 0 Å². The standard InChI is InChI=1S/C12H20N2/c1-3-14(2)10-12-7-5-4-6-11(12)8-9-13/h4-7H,3,8-10,13H2,1-2H3. The highest BCUT2D eigenvalue weighted by molar-refractivity contribution is 5.27. The number of nitrogens with two attached hydrogens (primary N) is 1. The molecule has 0 saturated heterocycles. The summed E-state index contributed by atoms with van der Waals surface area (Å²) in [5.74, 6) is 0. The molecular formula is C12H20N2. The summed E-state index contributed by atoms with van der Waals surface area (Å²) in [7, 11) is 2.14. The van der Waals surface area contributed by atoms with Gasteiger partial charge in [0.1, 0.15) is 0 Å². The van der Waals surface area contributed by atoms with Crippen LogP contribution in [0.3, 0.4) is 0 Å². The predicted molar refractivity (Wildman–Crippen MR) is 61.2 cm³/mol. The minimum absolute atomic E-state index is 0.729. The Kier molecular flexibility index (Phi) is 4.63. The van der Waals surface area contributed by atoms with Gasteiger partial charge in [0.05, 0.1) is 0 Å². The molecule has 0 aromatic heterocycles. The highest BCUT2D eigenvalue weighted by atomic mass is 15.1. The summed E-state index contributed by atoms with van der Waals surface area (Å²) in [5.41, 5.74) is 8.37. The summed E-state index contributed by atoms with van der Waals surface area (Å²) >= 11 is 0. The molecule has 2 heteroatoms. The van der Waals surface area contributed by atoms with E-state index in [0.717, 1.165) is 26.1 Å². The lowest BCUT2D eigenvalue weighted by Gasteiger charge is -2.16. The molecule has 0 aliphatic rings. The lowest BCUT2D eigenvalue weighted by Crippen LogP contribution is -2.18. The first kappa shape index (κ1) is 11.2. The fraction of sp³-hybridized carbons (Fsp3) is 0.500. The van der Waals surface area contributed by atoms with E-state index in [-0.39, 0.29) is 0 Å². The van der Waals surface area contributed by atoms with Gasteiger partial charge in [-0.25, -0.2) is 0 Å². The molecule has 0 aliphatic heterocycles. The zero-order valence-corrected chi connectivity index (χ0v) is 9.16. The van der Waals surface area contributed by atoms with Crippen LogP contribution < -0.4 is 5.73 Å². The highest BCUT2D eigenvalue weighted by Gasteiger charge is 2.02. The van der Waals surface area contributed by atoms with Crippen LogP contribution in [-0.4, -0.2) is 25.0 Å². The third-order valence-electron chi connectivity index (χ3n) is 2.51. The van der Waals surface area contributed by atoms with Crippen molar-refractivity contribution in [3.05, 3.63) is 35.4 Å². The SMILES string of the molecule is CCN(C)Cc1ccccc1CCN. The van der Waals surface area contributed by atoms with E-state index >= 15 is 0 Å². The van der Waals surface area contributed by atoms with Crippen LogP contribution in [0.15, 0.2) is 24.3 Å². The van der Waals surface area contributed by atoms with Gasteiger partial charge in [-0.15, -0.1) is 0 Å². The van der Waals surface area contributed by atoms with Crippen molar-refractivity contribution in [3.8, 4) is 0 Å². The summed E-state index contributed by atoms with van der Waals surface area (Å²) in [4.78, 5) is 2.30. The Bertz CT molecular complexity index is 271. The van der Waals surface area contributed by atoms with Crippen molar-refractivity contribution in [2.45, 2.75) is 19.9 Å². The third kappa shape index (κ3) is 3.13. The van der Waals surface area contributed by atoms with Crippen LogP contribution in [0.25, 0.3) is 0 Å².